The number of hydrogen-bond donors (Lipinski definition) is 1. The fourth-order valence-electron chi connectivity index (χ4n) is 2.32. The van der Waals surface area contributed by atoms with Crippen LogP contribution >= 0.6 is 0 Å². The zero-order chi connectivity index (χ0) is 15.4. The summed E-state index contributed by atoms with van der Waals surface area (Å²) in [5.74, 6) is 0.848. The van der Waals surface area contributed by atoms with Crippen LogP contribution in [-0.4, -0.2) is 14.9 Å². The monoisotopic (exact) mass is 288 g/mol. The van der Waals surface area contributed by atoms with E-state index in [0.29, 0.717) is 6.61 Å². The minimum Gasteiger partial charge on any atom is -0.487 e. The summed E-state index contributed by atoms with van der Waals surface area (Å²) >= 11 is 0. The third-order valence-electron chi connectivity index (χ3n) is 3.63. The van der Waals surface area contributed by atoms with E-state index in [1.54, 1.807) is 6.92 Å². The maximum Gasteiger partial charge on any atom is 0.130 e. The van der Waals surface area contributed by atoms with Crippen LogP contribution in [0.3, 0.4) is 0 Å². The lowest BCUT2D eigenvalue weighted by molar-refractivity contribution is 0.199. The van der Waals surface area contributed by atoms with Gasteiger partial charge in [-0.1, -0.05) is 13.0 Å². The van der Waals surface area contributed by atoms with Crippen molar-refractivity contribution in [1.29, 1.82) is 0 Å². The van der Waals surface area contributed by atoms with Crippen LogP contribution in [0.25, 0.3) is 0 Å². The number of aliphatic hydroxyl groups excluding tert-OH is 1. The van der Waals surface area contributed by atoms with Gasteiger partial charge in [0.15, 0.2) is 0 Å². The van der Waals surface area contributed by atoms with Crippen LogP contribution < -0.4 is 4.74 Å². The number of nitrogens with zero attached hydrogens (tertiary/aromatic N) is 2. The maximum absolute atomic E-state index is 9.59. The molecule has 1 aromatic carbocycles. The van der Waals surface area contributed by atoms with E-state index in [-0.39, 0.29) is 0 Å². The number of aryl methyl sites for hydroxylation is 3. The van der Waals surface area contributed by atoms with E-state index >= 15 is 0 Å². The largest absolute Gasteiger partial charge is 0.487 e. The maximum atomic E-state index is 9.59. The predicted octanol–water partition coefficient (Wildman–Crippen LogP) is 3.41. The Morgan fingerprint density at radius 3 is 2.62 bits per heavy atom. The summed E-state index contributed by atoms with van der Waals surface area (Å²) in [6, 6.07) is 7.89. The highest BCUT2D eigenvalue weighted by Crippen LogP contribution is 2.23. The number of aliphatic hydroxyl groups is 1. The molecule has 0 radical (unpaired) electrons. The molecule has 0 fully saturated rings. The van der Waals surface area contributed by atoms with E-state index in [1.807, 2.05) is 29.8 Å². The number of ether oxygens (including phenoxy) is 1. The summed E-state index contributed by atoms with van der Waals surface area (Å²) in [7, 11) is 0. The van der Waals surface area contributed by atoms with E-state index in [0.717, 1.165) is 41.2 Å². The van der Waals surface area contributed by atoms with Gasteiger partial charge >= 0.3 is 0 Å². The minimum absolute atomic E-state index is 0.452. The van der Waals surface area contributed by atoms with Gasteiger partial charge in [-0.2, -0.15) is 5.10 Å². The summed E-state index contributed by atoms with van der Waals surface area (Å²) in [5.41, 5.74) is 4.13. The van der Waals surface area contributed by atoms with Crippen LogP contribution in [0.1, 0.15) is 49.4 Å². The minimum atomic E-state index is -0.452. The van der Waals surface area contributed by atoms with Gasteiger partial charge in [-0.05, 0) is 56.5 Å². The van der Waals surface area contributed by atoms with Crippen LogP contribution in [-0.2, 0) is 19.6 Å². The van der Waals surface area contributed by atoms with Gasteiger partial charge in [-0.25, -0.2) is 0 Å². The van der Waals surface area contributed by atoms with Crippen molar-refractivity contribution in [2.45, 2.75) is 53.4 Å². The fraction of sp³-hybridized carbons (Fsp3) is 0.471. The first-order valence-corrected chi connectivity index (χ1v) is 7.52. The number of aromatic nitrogens is 2. The van der Waals surface area contributed by atoms with Crippen molar-refractivity contribution in [3.05, 3.63) is 46.8 Å². The number of benzene rings is 1. The zero-order valence-electron chi connectivity index (χ0n) is 13.3. The van der Waals surface area contributed by atoms with Crippen molar-refractivity contribution in [3.63, 3.8) is 0 Å². The van der Waals surface area contributed by atoms with E-state index in [1.165, 1.54) is 0 Å². The second-order valence-corrected chi connectivity index (χ2v) is 5.29. The van der Waals surface area contributed by atoms with Gasteiger partial charge in [-0.3, -0.25) is 4.68 Å². The van der Waals surface area contributed by atoms with E-state index < -0.39 is 6.10 Å². The van der Waals surface area contributed by atoms with Gasteiger partial charge in [0.1, 0.15) is 12.4 Å². The van der Waals surface area contributed by atoms with Gasteiger partial charge in [0.05, 0.1) is 17.5 Å². The van der Waals surface area contributed by atoms with Crippen molar-refractivity contribution in [2.24, 2.45) is 0 Å². The molecule has 1 aromatic heterocycles. The topological polar surface area (TPSA) is 47.3 Å². The molecule has 4 nitrogen and oxygen atoms in total. The van der Waals surface area contributed by atoms with Crippen molar-refractivity contribution >= 4 is 0 Å². The molecular formula is C17H24N2O2. The molecule has 21 heavy (non-hydrogen) atoms. The molecule has 0 saturated carbocycles. The third kappa shape index (κ3) is 3.64. The average Bonchev–Trinajstić information content (AvgIpc) is 2.88. The summed E-state index contributed by atoms with van der Waals surface area (Å²) < 4.78 is 7.90. The molecule has 1 N–H and O–H groups in total. The highest BCUT2D eigenvalue weighted by atomic mass is 16.5. The van der Waals surface area contributed by atoms with Crippen LogP contribution in [0.15, 0.2) is 24.3 Å². The van der Waals surface area contributed by atoms with Gasteiger partial charge in [-0.15, -0.1) is 0 Å². The molecule has 0 bridgehead atoms. The molecule has 0 aliphatic rings. The Balaban J connectivity index is 2.11. The first-order valence-electron chi connectivity index (χ1n) is 7.52. The summed E-state index contributed by atoms with van der Waals surface area (Å²) in [5, 5.41) is 14.1. The standard InChI is InChI=1S/C17H24N2O2/c1-5-15-10-16(19(6-2)18-15)11-21-17-8-7-14(13(4)20)9-12(17)3/h7-10,13,20H,5-6,11H2,1-4H3/t13-/m0/s1. The Morgan fingerprint density at radius 1 is 1.29 bits per heavy atom. The molecule has 114 valence electrons. The fourth-order valence-corrected chi connectivity index (χ4v) is 2.32. The van der Waals surface area contributed by atoms with Gasteiger partial charge in [0, 0.05) is 6.54 Å². The summed E-state index contributed by atoms with van der Waals surface area (Å²) in [6.45, 7) is 9.30. The lowest BCUT2D eigenvalue weighted by Gasteiger charge is -2.12. The van der Waals surface area contributed by atoms with Crippen LogP contribution in [0.2, 0.25) is 0 Å². The smallest absolute Gasteiger partial charge is 0.130 e. The van der Waals surface area contributed by atoms with Crippen molar-refractivity contribution in [3.8, 4) is 5.75 Å². The lowest BCUT2D eigenvalue weighted by Crippen LogP contribution is -2.06. The van der Waals surface area contributed by atoms with Crippen LogP contribution in [0, 0.1) is 6.92 Å². The quantitative estimate of drug-likeness (QED) is 0.886. The Morgan fingerprint density at radius 2 is 2.05 bits per heavy atom. The van der Waals surface area contributed by atoms with Crippen molar-refractivity contribution in [1.82, 2.24) is 9.78 Å². The highest BCUT2D eigenvalue weighted by Gasteiger charge is 2.09. The Hall–Kier alpha value is -1.81. The summed E-state index contributed by atoms with van der Waals surface area (Å²) in [4.78, 5) is 0. The first kappa shape index (κ1) is 15.6. The molecular weight excluding hydrogens is 264 g/mol. The van der Waals surface area contributed by atoms with Gasteiger partial charge in [0.25, 0.3) is 0 Å². The molecule has 0 spiro atoms. The van der Waals surface area contributed by atoms with Crippen LogP contribution in [0.4, 0.5) is 0 Å². The SMILES string of the molecule is CCc1cc(COc2ccc([C@H](C)O)cc2C)n(CC)n1. The zero-order valence-corrected chi connectivity index (χ0v) is 13.3. The Labute approximate surface area is 126 Å². The second kappa shape index (κ2) is 6.76. The second-order valence-electron chi connectivity index (χ2n) is 5.29. The third-order valence-corrected chi connectivity index (χ3v) is 3.63. The average molecular weight is 288 g/mol. The molecule has 2 aromatic rings. The molecule has 4 heteroatoms. The lowest BCUT2D eigenvalue weighted by atomic mass is 10.1. The predicted molar refractivity (Wildman–Crippen MR) is 83.4 cm³/mol. The molecule has 1 atom stereocenters. The molecule has 0 aliphatic heterocycles. The highest BCUT2D eigenvalue weighted by molar-refractivity contribution is 5.37. The Kier molecular flexibility index (Phi) is 5.02. The van der Waals surface area contributed by atoms with E-state index in [9.17, 15) is 5.11 Å². The molecule has 0 amide bonds. The van der Waals surface area contributed by atoms with Crippen LogP contribution in [0.5, 0.6) is 5.75 Å². The first-order chi connectivity index (χ1) is 10.0. The molecule has 0 saturated heterocycles. The normalized spacial score (nSPS) is 12.4. The molecule has 0 unspecified atom stereocenters. The van der Waals surface area contributed by atoms with E-state index in [2.05, 4.69) is 25.0 Å². The molecule has 2 rings (SSSR count). The van der Waals surface area contributed by atoms with Crippen molar-refractivity contribution < 1.29 is 9.84 Å². The number of rotatable bonds is 6. The van der Waals surface area contributed by atoms with E-state index in [4.69, 9.17) is 4.74 Å². The van der Waals surface area contributed by atoms with Gasteiger partial charge < -0.3 is 9.84 Å². The number of hydrogen-bond acceptors (Lipinski definition) is 3. The molecule has 0 aliphatic carbocycles. The summed E-state index contributed by atoms with van der Waals surface area (Å²) in [6.07, 6.45) is 0.480. The Bertz CT molecular complexity index is 603. The molecule has 1 heterocycles. The van der Waals surface area contributed by atoms with Gasteiger partial charge in [0.2, 0.25) is 0 Å². The van der Waals surface area contributed by atoms with Crippen molar-refractivity contribution in [2.75, 3.05) is 0 Å².